The molecule has 5 nitrogen and oxygen atoms in total. The molecule has 0 atom stereocenters. The summed E-state index contributed by atoms with van der Waals surface area (Å²) in [6, 6.07) is 3.66. The van der Waals surface area contributed by atoms with Crippen molar-refractivity contribution in [2.24, 2.45) is 0 Å². The Morgan fingerprint density at radius 2 is 2.14 bits per heavy atom. The summed E-state index contributed by atoms with van der Waals surface area (Å²) in [5, 5.41) is 11.2. The highest BCUT2D eigenvalue weighted by atomic mass is 15.5. The summed E-state index contributed by atoms with van der Waals surface area (Å²) in [5.41, 5.74) is 0.903. The van der Waals surface area contributed by atoms with Gasteiger partial charge in [-0.2, -0.15) is 0 Å². The van der Waals surface area contributed by atoms with Crippen molar-refractivity contribution in [1.29, 1.82) is 0 Å². The minimum Gasteiger partial charge on any atom is -0.265 e. The van der Waals surface area contributed by atoms with Crippen molar-refractivity contribution >= 4 is 0 Å². The van der Waals surface area contributed by atoms with Crippen LogP contribution < -0.4 is 0 Å². The number of hydrogen-bond donors (Lipinski definition) is 0. The third-order valence-electron chi connectivity index (χ3n) is 1.71. The van der Waals surface area contributed by atoms with E-state index in [-0.39, 0.29) is 0 Å². The summed E-state index contributed by atoms with van der Waals surface area (Å²) in [5.74, 6) is 3.14. The molecule has 14 heavy (non-hydrogen) atoms. The smallest absolute Gasteiger partial charge is 0.183 e. The van der Waals surface area contributed by atoms with Crippen molar-refractivity contribution in [3.63, 3.8) is 0 Å². The van der Waals surface area contributed by atoms with E-state index in [9.17, 15) is 0 Å². The van der Waals surface area contributed by atoms with E-state index in [0.29, 0.717) is 12.4 Å². The summed E-state index contributed by atoms with van der Waals surface area (Å²) >= 11 is 0. The van der Waals surface area contributed by atoms with Crippen LogP contribution in [0.3, 0.4) is 0 Å². The summed E-state index contributed by atoms with van der Waals surface area (Å²) in [6.45, 7) is 0.366. The van der Waals surface area contributed by atoms with Gasteiger partial charge in [-0.05, 0) is 22.6 Å². The van der Waals surface area contributed by atoms with Gasteiger partial charge in [0.2, 0.25) is 0 Å². The fraction of sp³-hybridized carbons (Fsp3) is 0.111. The number of nitrogens with zero attached hydrogens (tertiary/aromatic N) is 5. The molecule has 0 fully saturated rings. The summed E-state index contributed by atoms with van der Waals surface area (Å²) in [6.07, 6.45) is 8.56. The Bertz CT molecular complexity index is 454. The van der Waals surface area contributed by atoms with Crippen LogP contribution in [0.25, 0.3) is 11.4 Å². The molecule has 2 rings (SSSR count). The Hall–Kier alpha value is -2.22. The van der Waals surface area contributed by atoms with Crippen LogP contribution in [0.4, 0.5) is 0 Å². The SMILES string of the molecule is C#CCn1nnnc1-c1ccncc1. The molecule has 0 aromatic carbocycles. The monoisotopic (exact) mass is 185 g/mol. The fourth-order valence-corrected chi connectivity index (χ4v) is 1.11. The molecule has 0 radical (unpaired) electrons. The van der Waals surface area contributed by atoms with Crippen molar-refractivity contribution in [2.45, 2.75) is 6.54 Å². The Labute approximate surface area is 80.8 Å². The molecule has 5 heteroatoms. The van der Waals surface area contributed by atoms with Gasteiger partial charge in [0.15, 0.2) is 5.82 Å². The predicted molar refractivity (Wildman–Crippen MR) is 49.9 cm³/mol. The van der Waals surface area contributed by atoms with E-state index in [4.69, 9.17) is 6.42 Å². The number of tetrazole rings is 1. The molecule has 0 spiro atoms. The lowest BCUT2D eigenvalue weighted by molar-refractivity contribution is 0.675. The largest absolute Gasteiger partial charge is 0.265 e. The molecule has 2 aromatic rings. The third kappa shape index (κ3) is 1.45. The van der Waals surface area contributed by atoms with Crippen LogP contribution in [-0.4, -0.2) is 25.2 Å². The van der Waals surface area contributed by atoms with E-state index in [1.807, 2.05) is 12.1 Å². The minimum atomic E-state index is 0.366. The van der Waals surface area contributed by atoms with E-state index in [1.54, 1.807) is 17.1 Å². The highest BCUT2D eigenvalue weighted by molar-refractivity contribution is 5.53. The second-order valence-electron chi connectivity index (χ2n) is 2.60. The highest BCUT2D eigenvalue weighted by Crippen LogP contribution is 2.12. The van der Waals surface area contributed by atoms with Crippen molar-refractivity contribution < 1.29 is 0 Å². The van der Waals surface area contributed by atoms with Crippen LogP contribution in [-0.2, 0) is 6.54 Å². The average molecular weight is 185 g/mol. The summed E-state index contributed by atoms with van der Waals surface area (Å²) in [7, 11) is 0. The lowest BCUT2D eigenvalue weighted by atomic mass is 10.2. The molecule has 2 heterocycles. The van der Waals surface area contributed by atoms with Crippen molar-refractivity contribution in [3.8, 4) is 23.7 Å². The van der Waals surface area contributed by atoms with E-state index < -0.39 is 0 Å². The van der Waals surface area contributed by atoms with Gasteiger partial charge in [0, 0.05) is 18.0 Å². The number of rotatable bonds is 2. The summed E-state index contributed by atoms with van der Waals surface area (Å²) in [4.78, 5) is 3.91. The third-order valence-corrected chi connectivity index (χ3v) is 1.71. The molecule has 0 aliphatic heterocycles. The molecule has 68 valence electrons. The molecular formula is C9H7N5. The molecule has 0 aliphatic carbocycles. The molecular weight excluding hydrogens is 178 g/mol. The Morgan fingerprint density at radius 3 is 2.86 bits per heavy atom. The van der Waals surface area contributed by atoms with Crippen LogP contribution in [0.1, 0.15) is 0 Å². The van der Waals surface area contributed by atoms with E-state index in [2.05, 4.69) is 26.4 Å². The first-order valence-electron chi connectivity index (χ1n) is 4.02. The Kier molecular flexibility index (Phi) is 2.19. The van der Waals surface area contributed by atoms with Gasteiger partial charge in [-0.25, -0.2) is 4.68 Å². The van der Waals surface area contributed by atoms with Gasteiger partial charge in [0.05, 0.1) is 0 Å². The quantitative estimate of drug-likeness (QED) is 0.634. The fourth-order valence-electron chi connectivity index (χ4n) is 1.11. The minimum absolute atomic E-state index is 0.366. The predicted octanol–water partition coefficient (Wildman–Crippen LogP) is 0.368. The number of aromatic nitrogens is 5. The first kappa shape index (κ1) is 8.38. The van der Waals surface area contributed by atoms with Crippen molar-refractivity contribution in [3.05, 3.63) is 24.5 Å². The highest BCUT2D eigenvalue weighted by Gasteiger charge is 2.06. The Balaban J connectivity index is 2.43. The molecule has 0 bridgehead atoms. The van der Waals surface area contributed by atoms with Crippen LogP contribution in [0.2, 0.25) is 0 Å². The van der Waals surface area contributed by atoms with Gasteiger partial charge >= 0.3 is 0 Å². The molecule has 2 aromatic heterocycles. The van der Waals surface area contributed by atoms with Gasteiger partial charge in [0.25, 0.3) is 0 Å². The van der Waals surface area contributed by atoms with Crippen LogP contribution in [0.5, 0.6) is 0 Å². The first-order chi connectivity index (χ1) is 6.92. The van der Waals surface area contributed by atoms with Gasteiger partial charge in [-0.3, -0.25) is 4.98 Å². The zero-order valence-electron chi connectivity index (χ0n) is 7.33. The topological polar surface area (TPSA) is 56.5 Å². The van der Waals surface area contributed by atoms with Crippen LogP contribution in [0.15, 0.2) is 24.5 Å². The Morgan fingerprint density at radius 1 is 1.36 bits per heavy atom. The van der Waals surface area contributed by atoms with Crippen LogP contribution in [0, 0.1) is 12.3 Å². The number of hydrogen-bond acceptors (Lipinski definition) is 4. The zero-order chi connectivity index (χ0) is 9.80. The van der Waals surface area contributed by atoms with Gasteiger partial charge in [-0.15, -0.1) is 11.5 Å². The molecule has 0 saturated carbocycles. The standard InChI is InChI=1S/C9H7N5/c1-2-7-14-9(11-12-13-14)8-3-5-10-6-4-8/h1,3-6H,7H2. The van der Waals surface area contributed by atoms with Gasteiger partial charge in [0.1, 0.15) is 6.54 Å². The summed E-state index contributed by atoms with van der Waals surface area (Å²) < 4.78 is 1.56. The van der Waals surface area contributed by atoms with Gasteiger partial charge in [-0.1, -0.05) is 5.92 Å². The normalized spacial score (nSPS) is 9.64. The van der Waals surface area contributed by atoms with E-state index in [1.165, 1.54) is 0 Å². The maximum Gasteiger partial charge on any atom is 0.183 e. The molecule has 0 unspecified atom stereocenters. The van der Waals surface area contributed by atoms with E-state index >= 15 is 0 Å². The second-order valence-corrected chi connectivity index (χ2v) is 2.60. The maximum atomic E-state index is 5.19. The zero-order valence-corrected chi connectivity index (χ0v) is 7.33. The molecule has 0 saturated heterocycles. The number of terminal acetylenes is 1. The molecule has 0 amide bonds. The van der Waals surface area contributed by atoms with Gasteiger partial charge < -0.3 is 0 Å². The van der Waals surface area contributed by atoms with Crippen molar-refractivity contribution in [2.75, 3.05) is 0 Å². The van der Waals surface area contributed by atoms with Crippen molar-refractivity contribution in [1.82, 2.24) is 25.2 Å². The first-order valence-corrected chi connectivity index (χ1v) is 4.02. The molecule has 0 aliphatic rings. The second kappa shape index (κ2) is 3.66. The molecule has 0 N–H and O–H groups in total. The lowest BCUT2D eigenvalue weighted by Gasteiger charge is -1.98. The average Bonchev–Trinajstić information content (AvgIpc) is 2.68. The van der Waals surface area contributed by atoms with Crippen LogP contribution >= 0.6 is 0 Å². The maximum absolute atomic E-state index is 5.19. The lowest BCUT2D eigenvalue weighted by Crippen LogP contribution is -2.00. The number of pyridine rings is 1. The van der Waals surface area contributed by atoms with E-state index in [0.717, 1.165) is 5.56 Å².